The molecule has 1 heterocycles. The molecule has 1 aliphatic heterocycles. The van der Waals surface area contributed by atoms with Crippen LogP contribution in [0, 0.1) is 5.92 Å². The summed E-state index contributed by atoms with van der Waals surface area (Å²) in [5.41, 5.74) is 1.31. The van der Waals surface area contributed by atoms with Crippen molar-refractivity contribution in [3.63, 3.8) is 0 Å². The minimum absolute atomic E-state index is 0.778. The number of hydrogen-bond donors (Lipinski definition) is 1. The van der Waals surface area contributed by atoms with Gasteiger partial charge in [0.2, 0.25) is 0 Å². The molecule has 0 radical (unpaired) electrons. The van der Waals surface area contributed by atoms with Crippen molar-refractivity contribution in [2.24, 2.45) is 5.92 Å². The Hall–Kier alpha value is -0.340. The molecule has 14 heavy (non-hydrogen) atoms. The average molecular weight is 196 g/mol. The fraction of sp³-hybridized carbons (Fsp3) is 0.833. The van der Waals surface area contributed by atoms with Crippen LogP contribution in [0.1, 0.15) is 26.7 Å². The van der Waals surface area contributed by atoms with Gasteiger partial charge in [0.05, 0.1) is 0 Å². The normalized spacial score (nSPS) is 23.3. The summed E-state index contributed by atoms with van der Waals surface area (Å²) in [4.78, 5) is 2.59. The van der Waals surface area contributed by atoms with Crippen LogP contribution in [0.25, 0.3) is 0 Å². The summed E-state index contributed by atoms with van der Waals surface area (Å²) in [7, 11) is 1.98. The minimum Gasteiger partial charge on any atom is -0.316 e. The van der Waals surface area contributed by atoms with Gasteiger partial charge in [0.15, 0.2) is 0 Å². The highest BCUT2D eigenvalue weighted by Crippen LogP contribution is 2.23. The highest BCUT2D eigenvalue weighted by atomic mass is 15.2. The van der Waals surface area contributed by atoms with E-state index in [-0.39, 0.29) is 0 Å². The number of likely N-dealkylation sites (N-methyl/N-ethyl adjacent to an activating group) is 1. The van der Waals surface area contributed by atoms with E-state index in [0.29, 0.717) is 0 Å². The molecule has 1 saturated heterocycles. The Morgan fingerprint density at radius 2 is 2.29 bits per heavy atom. The quantitative estimate of drug-likeness (QED) is 0.675. The average Bonchev–Trinajstić information content (AvgIpc) is 2.52. The predicted octanol–water partition coefficient (Wildman–Crippen LogP) is 1.88. The lowest BCUT2D eigenvalue weighted by atomic mass is 10.0. The monoisotopic (exact) mass is 196 g/mol. The van der Waals surface area contributed by atoms with E-state index in [0.717, 1.165) is 25.0 Å². The molecule has 1 aliphatic rings. The van der Waals surface area contributed by atoms with Crippen LogP contribution in [0.4, 0.5) is 0 Å². The third kappa shape index (κ3) is 3.10. The van der Waals surface area contributed by atoms with E-state index < -0.39 is 0 Å². The van der Waals surface area contributed by atoms with E-state index in [9.17, 15) is 0 Å². The summed E-state index contributed by atoms with van der Waals surface area (Å²) >= 11 is 0. The van der Waals surface area contributed by atoms with Crippen molar-refractivity contribution in [2.45, 2.75) is 32.7 Å². The molecule has 0 spiro atoms. The van der Waals surface area contributed by atoms with Crippen LogP contribution >= 0.6 is 0 Å². The fourth-order valence-electron chi connectivity index (χ4n) is 2.40. The molecule has 2 heteroatoms. The van der Waals surface area contributed by atoms with Crippen molar-refractivity contribution in [1.29, 1.82) is 0 Å². The summed E-state index contributed by atoms with van der Waals surface area (Å²) in [6, 6.07) is 0.781. The van der Waals surface area contributed by atoms with E-state index >= 15 is 0 Å². The van der Waals surface area contributed by atoms with Crippen molar-refractivity contribution in [1.82, 2.24) is 10.2 Å². The molecule has 0 saturated carbocycles. The summed E-state index contributed by atoms with van der Waals surface area (Å²) < 4.78 is 0. The number of hydrogen-bond acceptors (Lipinski definition) is 2. The Balaban J connectivity index is 2.39. The highest BCUT2D eigenvalue weighted by molar-refractivity contribution is 5.01. The Bertz CT molecular complexity index is 187. The second-order valence-electron chi connectivity index (χ2n) is 4.70. The van der Waals surface area contributed by atoms with Crippen LogP contribution in [-0.2, 0) is 0 Å². The Morgan fingerprint density at radius 1 is 1.57 bits per heavy atom. The topological polar surface area (TPSA) is 15.3 Å². The Morgan fingerprint density at radius 3 is 2.86 bits per heavy atom. The Kier molecular flexibility index (Phi) is 4.63. The van der Waals surface area contributed by atoms with E-state index in [4.69, 9.17) is 0 Å². The van der Waals surface area contributed by atoms with Gasteiger partial charge >= 0.3 is 0 Å². The molecule has 1 unspecified atom stereocenters. The standard InChI is InChI=1S/C12H24N2/c1-10(2)12-6-5-7-14(12)9-11(3)8-13-4/h10,12-13H,3,5-9H2,1-2,4H3. The smallest absolute Gasteiger partial charge is 0.0205 e. The van der Waals surface area contributed by atoms with Gasteiger partial charge in [-0.1, -0.05) is 20.4 Å². The Labute approximate surface area is 88.4 Å². The first kappa shape index (κ1) is 11.7. The van der Waals surface area contributed by atoms with E-state index in [1.165, 1.54) is 25.0 Å². The molecule has 2 nitrogen and oxygen atoms in total. The molecule has 0 aromatic carbocycles. The number of likely N-dealkylation sites (tertiary alicyclic amines) is 1. The first-order valence-electron chi connectivity index (χ1n) is 5.70. The zero-order chi connectivity index (χ0) is 10.6. The van der Waals surface area contributed by atoms with E-state index in [1.54, 1.807) is 0 Å². The summed E-state index contributed by atoms with van der Waals surface area (Å²) in [5, 5.41) is 3.16. The van der Waals surface area contributed by atoms with Gasteiger partial charge < -0.3 is 5.32 Å². The fourth-order valence-corrected chi connectivity index (χ4v) is 2.40. The number of nitrogens with zero attached hydrogens (tertiary/aromatic N) is 1. The van der Waals surface area contributed by atoms with Gasteiger partial charge in [-0.3, -0.25) is 4.90 Å². The summed E-state index contributed by atoms with van der Waals surface area (Å²) in [6.07, 6.45) is 2.72. The molecule has 1 fully saturated rings. The van der Waals surface area contributed by atoms with Crippen LogP contribution in [0.15, 0.2) is 12.2 Å². The van der Waals surface area contributed by atoms with Gasteiger partial charge in [-0.25, -0.2) is 0 Å². The molecular formula is C12H24N2. The third-order valence-corrected chi connectivity index (χ3v) is 3.04. The van der Waals surface area contributed by atoms with Crippen molar-refractivity contribution < 1.29 is 0 Å². The molecule has 82 valence electrons. The van der Waals surface area contributed by atoms with Crippen molar-refractivity contribution >= 4 is 0 Å². The maximum absolute atomic E-state index is 4.10. The van der Waals surface area contributed by atoms with Gasteiger partial charge in [-0.15, -0.1) is 0 Å². The lowest BCUT2D eigenvalue weighted by molar-refractivity contribution is 0.222. The largest absolute Gasteiger partial charge is 0.316 e. The van der Waals surface area contributed by atoms with E-state index in [1.807, 2.05) is 7.05 Å². The molecule has 1 N–H and O–H groups in total. The summed E-state index contributed by atoms with van der Waals surface area (Å²) in [6.45, 7) is 12.0. The van der Waals surface area contributed by atoms with Crippen LogP contribution in [-0.4, -0.2) is 37.6 Å². The predicted molar refractivity (Wildman–Crippen MR) is 62.5 cm³/mol. The van der Waals surface area contributed by atoms with Crippen molar-refractivity contribution in [3.8, 4) is 0 Å². The SMILES string of the molecule is C=C(CNC)CN1CCCC1C(C)C. The van der Waals surface area contributed by atoms with Crippen molar-refractivity contribution in [3.05, 3.63) is 12.2 Å². The van der Waals surface area contributed by atoms with Crippen LogP contribution in [0.3, 0.4) is 0 Å². The van der Waals surface area contributed by atoms with Crippen LogP contribution in [0.2, 0.25) is 0 Å². The first-order valence-corrected chi connectivity index (χ1v) is 5.70. The van der Waals surface area contributed by atoms with Gasteiger partial charge in [0.25, 0.3) is 0 Å². The minimum atomic E-state index is 0.778. The third-order valence-electron chi connectivity index (χ3n) is 3.04. The molecule has 1 atom stereocenters. The highest BCUT2D eigenvalue weighted by Gasteiger charge is 2.26. The molecule has 0 aliphatic carbocycles. The van der Waals surface area contributed by atoms with Gasteiger partial charge in [-0.05, 0) is 37.9 Å². The zero-order valence-electron chi connectivity index (χ0n) is 9.84. The van der Waals surface area contributed by atoms with E-state index in [2.05, 4.69) is 30.6 Å². The maximum atomic E-state index is 4.10. The zero-order valence-corrected chi connectivity index (χ0v) is 9.84. The molecule has 0 aromatic heterocycles. The van der Waals surface area contributed by atoms with Gasteiger partial charge in [0.1, 0.15) is 0 Å². The second kappa shape index (κ2) is 5.52. The second-order valence-corrected chi connectivity index (χ2v) is 4.70. The van der Waals surface area contributed by atoms with Crippen molar-refractivity contribution in [2.75, 3.05) is 26.7 Å². The molecular weight excluding hydrogens is 172 g/mol. The van der Waals surface area contributed by atoms with Crippen LogP contribution < -0.4 is 5.32 Å². The summed E-state index contributed by atoms with van der Waals surface area (Å²) in [5.74, 6) is 0.778. The van der Waals surface area contributed by atoms with Gasteiger partial charge in [0, 0.05) is 19.1 Å². The van der Waals surface area contributed by atoms with Gasteiger partial charge in [-0.2, -0.15) is 0 Å². The molecule has 1 rings (SSSR count). The first-order chi connectivity index (χ1) is 6.65. The lowest BCUT2D eigenvalue weighted by Gasteiger charge is -2.28. The molecule has 0 bridgehead atoms. The lowest BCUT2D eigenvalue weighted by Crippen LogP contribution is -2.36. The number of rotatable bonds is 5. The molecule has 0 amide bonds. The molecule has 0 aromatic rings. The van der Waals surface area contributed by atoms with Crippen LogP contribution in [0.5, 0.6) is 0 Å². The number of nitrogens with one attached hydrogen (secondary N) is 1. The maximum Gasteiger partial charge on any atom is 0.0205 e.